The van der Waals surface area contributed by atoms with Crippen molar-refractivity contribution in [1.82, 2.24) is 0 Å². The molecule has 0 saturated carbocycles. The van der Waals surface area contributed by atoms with Crippen molar-refractivity contribution in [3.05, 3.63) is 12.2 Å². The molecule has 2 heteroatoms. The molecule has 0 aliphatic rings. The van der Waals surface area contributed by atoms with Crippen LogP contribution in [0.2, 0.25) is 18.1 Å². The molecule has 0 aromatic rings. The van der Waals surface area contributed by atoms with Crippen molar-refractivity contribution in [1.29, 1.82) is 0 Å². The van der Waals surface area contributed by atoms with E-state index in [9.17, 15) is 0 Å². The van der Waals surface area contributed by atoms with Crippen LogP contribution in [0, 0.1) is 0 Å². The Hall–Kier alpha value is -0.0831. The van der Waals surface area contributed by atoms with Crippen molar-refractivity contribution >= 4 is 8.32 Å². The standard InChI is InChI=1S/C10H22OSi/c1-7-8-9-11-12(5,6)10(2,3)4/h7-8H,9H2,1-6H3/b8-7+. The van der Waals surface area contributed by atoms with Gasteiger partial charge in [-0.05, 0) is 25.1 Å². The Morgan fingerprint density at radius 1 is 1.25 bits per heavy atom. The van der Waals surface area contributed by atoms with Gasteiger partial charge in [-0.3, -0.25) is 0 Å². The van der Waals surface area contributed by atoms with Crippen LogP contribution in [0.1, 0.15) is 27.7 Å². The Bertz CT molecular complexity index is 154. The van der Waals surface area contributed by atoms with Crippen molar-refractivity contribution in [2.45, 2.75) is 45.8 Å². The third-order valence-corrected chi connectivity index (χ3v) is 7.08. The minimum absolute atomic E-state index is 0.328. The third-order valence-electron chi connectivity index (χ3n) is 2.58. The monoisotopic (exact) mass is 186 g/mol. The van der Waals surface area contributed by atoms with Crippen LogP contribution in [0.4, 0.5) is 0 Å². The lowest BCUT2D eigenvalue weighted by Crippen LogP contribution is -2.40. The highest BCUT2D eigenvalue weighted by Crippen LogP contribution is 2.36. The predicted molar refractivity (Wildman–Crippen MR) is 58.0 cm³/mol. The van der Waals surface area contributed by atoms with E-state index in [-0.39, 0.29) is 0 Å². The van der Waals surface area contributed by atoms with Crippen molar-refractivity contribution in [2.75, 3.05) is 6.61 Å². The van der Waals surface area contributed by atoms with Gasteiger partial charge in [-0.2, -0.15) is 0 Å². The maximum atomic E-state index is 5.89. The molecule has 1 nitrogen and oxygen atoms in total. The molecule has 0 unspecified atom stereocenters. The molecule has 0 aliphatic heterocycles. The quantitative estimate of drug-likeness (QED) is 0.483. The van der Waals surface area contributed by atoms with Gasteiger partial charge in [0.15, 0.2) is 8.32 Å². The second-order valence-corrected chi connectivity index (χ2v) is 9.45. The van der Waals surface area contributed by atoms with Gasteiger partial charge in [-0.15, -0.1) is 0 Å². The maximum absolute atomic E-state index is 5.89. The summed E-state index contributed by atoms with van der Waals surface area (Å²) in [5, 5.41) is 0.328. The van der Waals surface area contributed by atoms with Gasteiger partial charge in [0.05, 0.1) is 6.61 Å². The molecule has 0 fully saturated rings. The van der Waals surface area contributed by atoms with Gasteiger partial charge in [0.25, 0.3) is 0 Å². The Morgan fingerprint density at radius 3 is 2.08 bits per heavy atom. The van der Waals surface area contributed by atoms with E-state index < -0.39 is 8.32 Å². The Labute approximate surface area is 78.0 Å². The Morgan fingerprint density at radius 2 is 1.75 bits per heavy atom. The second kappa shape index (κ2) is 4.24. The van der Waals surface area contributed by atoms with Gasteiger partial charge in [0.2, 0.25) is 0 Å². The zero-order valence-electron chi connectivity index (χ0n) is 9.27. The van der Waals surface area contributed by atoms with E-state index in [1.54, 1.807) is 0 Å². The average molecular weight is 186 g/mol. The summed E-state index contributed by atoms with van der Waals surface area (Å²) in [5.74, 6) is 0. The van der Waals surface area contributed by atoms with E-state index in [1.807, 2.05) is 13.0 Å². The highest BCUT2D eigenvalue weighted by Gasteiger charge is 2.36. The van der Waals surface area contributed by atoms with Crippen LogP contribution in [0.3, 0.4) is 0 Å². The number of hydrogen-bond donors (Lipinski definition) is 0. The molecule has 0 aromatic carbocycles. The first-order valence-electron chi connectivity index (χ1n) is 4.56. The summed E-state index contributed by atoms with van der Waals surface area (Å²) < 4.78 is 5.89. The van der Waals surface area contributed by atoms with Crippen LogP contribution >= 0.6 is 0 Å². The van der Waals surface area contributed by atoms with Crippen molar-refractivity contribution in [3.8, 4) is 0 Å². The number of allylic oxidation sites excluding steroid dienone is 1. The van der Waals surface area contributed by atoms with Crippen molar-refractivity contribution < 1.29 is 4.43 Å². The SMILES string of the molecule is C/C=C/CO[Si](C)(C)C(C)(C)C. The summed E-state index contributed by atoms with van der Waals surface area (Å²) in [6.45, 7) is 14.1. The largest absolute Gasteiger partial charge is 0.413 e. The highest BCUT2D eigenvalue weighted by atomic mass is 28.4. The normalized spacial score (nSPS) is 14.2. The molecule has 0 spiro atoms. The van der Waals surface area contributed by atoms with E-state index in [0.717, 1.165) is 6.61 Å². The molecular weight excluding hydrogens is 164 g/mol. The number of rotatable bonds is 3. The van der Waals surface area contributed by atoms with E-state index in [2.05, 4.69) is 39.9 Å². The fourth-order valence-corrected chi connectivity index (χ4v) is 1.52. The van der Waals surface area contributed by atoms with Gasteiger partial charge in [-0.25, -0.2) is 0 Å². The molecule has 0 atom stereocenters. The zero-order valence-corrected chi connectivity index (χ0v) is 10.3. The first-order valence-corrected chi connectivity index (χ1v) is 7.47. The molecule has 0 heterocycles. The minimum atomic E-state index is -1.49. The molecule has 12 heavy (non-hydrogen) atoms. The smallest absolute Gasteiger partial charge is 0.192 e. The first-order chi connectivity index (χ1) is 5.31. The maximum Gasteiger partial charge on any atom is 0.192 e. The van der Waals surface area contributed by atoms with E-state index in [4.69, 9.17) is 4.43 Å². The van der Waals surface area contributed by atoms with Crippen LogP contribution in [-0.2, 0) is 4.43 Å². The molecular formula is C10H22OSi. The van der Waals surface area contributed by atoms with Crippen molar-refractivity contribution in [2.24, 2.45) is 0 Å². The molecule has 0 rings (SSSR count). The fourth-order valence-electron chi connectivity index (χ4n) is 0.569. The van der Waals surface area contributed by atoms with Crippen molar-refractivity contribution in [3.63, 3.8) is 0 Å². The van der Waals surface area contributed by atoms with Gasteiger partial charge in [0.1, 0.15) is 0 Å². The average Bonchev–Trinajstić information content (AvgIpc) is 1.85. The lowest BCUT2D eigenvalue weighted by molar-refractivity contribution is 0.328. The Kier molecular flexibility index (Phi) is 4.21. The van der Waals surface area contributed by atoms with Gasteiger partial charge in [-0.1, -0.05) is 32.9 Å². The number of hydrogen-bond acceptors (Lipinski definition) is 1. The summed E-state index contributed by atoms with van der Waals surface area (Å²) in [7, 11) is -1.49. The van der Waals surface area contributed by atoms with Crippen LogP contribution in [0.15, 0.2) is 12.2 Å². The summed E-state index contributed by atoms with van der Waals surface area (Å²) in [6, 6.07) is 0. The Balaban J connectivity index is 4.05. The summed E-state index contributed by atoms with van der Waals surface area (Å²) in [5.41, 5.74) is 0. The third kappa shape index (κ3) is 3.54. The van der Waals surface area contributed by atoms with Crippen LogP contribution in [0.25, 0.3) is 0 Å². The zero-order chi connectivity index (χ0) is 9.83. The summed E-state index contributed by atoms with van der Waals surface area (Å²) >= 11 is 0. The predicted octanol–water partition coefficient (Wildman–Crippen LogP) is 3.58. The van der Waals surface area contributed by atoms with Gasteiger partial charge >= 0.3 is 0 Å². The molecule has 0 saturated heterocycles. The highest BCUT2D eigenvalue weighted by molar-refractivity contribution is 6.74. The molecule has 0 amide bonds. The van der Waals surface area contributed by atoms with Crippen LogP contribution in [-0.4, -0.2) is 14.9 Å². The van der Waals surface area contributed by atoms with Crippen LogP contribution < -0.4 is 0 Å². The van der Waals surface area contributed by atoms with E-state index in [1.165, 1.54) is 0 Å². The van der Waals surface area contributed by atoms with Crippen LogP contribution in [0.5, 0.6) is 0 Å². The minimum Gasteiger partial charge on any atom is -0.413 e. The second-order valence-electron chi connectivity index (χ2n) is 4.64. The summed E-state index contributed by atoms with van der Waals surface area (Å²) in [4.78, 5) is 0. The van der Waals surface area contributed by atoms with E-state index >= 15 is 0 Å². The lowest BCUT2D eigenvalue weighted by Gasteiger charge is -2.35. The summed E-state index contributed by atoms with van der Waals surface area (Å²) in [6.07, 6.45) is 4.10. The van der Waals surface area contributed by atoms with Gasteiger partial charge in [0, 0.05) is 0 Å². The first kappa shape index (κ1) is 11.9. The molecule has 0 N–H and O–H groups in total. The molecule has 0 aliphatic carbocycles. The fraction of sp³-hybridized carbons (Fsp3) is 0.800. The topological polar surface area (TPSA) is 9.23 Å². The van der Waals surface area contributed by atoms with E-state index in [0.29, 0.717) is 5.04 Å². The molecule has 0 aromatic heterocycles. The molecule has 0 radical (unpaired) electrons. The molecule has 72 valence electrons. The molecule has 0 bridgehead atoms. The van der Waals surface area contributed by atoms with Gasteiger partial charge < -0.3 is 4.43 Å². The lowest BCUT2D eigenvalue weighted by atomic mass is 10.2.